The third-order valence-electron chi connectivity index (χ3n) is 8.78. The lowest BCUT2D eigenvalue weighted by molar-refractivity contribution is -0.387. The number of rotatable bonds is 7. The molecule has 0 bridgehead atoms. The highest BCUT2D eigenvalue weighted by Gasteiger charge is 2.51. The van der Waals surface area contributed by atoms with E-state index >= 15 is 0 Å². The van der Waals surface area contributed by atoms with Crippen LogP contribution in [0.25, 0.3) is 10.8 Å². The summed E-state index contributed by atoms with van der Waals surface area (Å²) in [5.41, 5.74) is 2.37. The molecular weight excluding hydrogens is 626 g/mol. The van der Waals surface area contributed by atoms with Crippen LogP contribution in [0.1, 0.15) is 39.9 Å². The van der Waals surface area contributed by atoms with Gasteiger partial charge in [0.05, 0.1) is 37.4 Å². The maximum absolute atomic E-state index is 13.7. The average molecular weight is 652 g/mol. The van der Waals surface area contributed by atoms with Gasteiger partial charge >= 0.3 is 5.97 Å². The quantitative estimate of drug-likeness (QED) is 0.0608. The number of ether oxygens (including phenoxy) is 1. The second-order valence-electron chi connectivity index (χ2n) is 11.4. The van der Waals surface area contributed by atoms with Gasteiger partial charge in [0.15, 0.2) is 0 Å². The van der Waals surface area contributed by atoms with Gasteiger partial charge in [0, 0.05) is 29.4 Å². The Morgan fingerprint density at radius 2 is 1.61 bits per heavy atom. The van der Waals surface area contributed by atoms with Crippen molar-refractivity contribution in [2.75, 3.05) is 5.32 Å². The van der Waals surface area contributed by atoms with Crippen molar-refractivity contribution in [1.82, 2.24) is 0 Å². The average Bonchev–Trinajstić information content (AvgIpc) is 3.39. The van der Waals surface area contributed by atoms with Crippen LogP contribution < -0.4 is 10.1 Å². The molecule has 7 rings (SSSR count). The van der Waals surface area contributed by atoms with E-state index in [1.807, 2.05) is 48.5 Å². The van der Waals surface area contributed by atoms with Crippen LogP contribution in [-0.2, 0) is 0 Å². The van der Waals surface area contributed by atoms with E-state index in [0.29, 0.717) is 33.9 Å². The number of halogens is 1. The Morgan fingerprint density at radius 1 is 0.848 bits per heavy atom. The second-order valence-corrected chi connectivity index (χ2v) is 13.2. The molecule has 1 heterocycles. The van der Waals surface area contributed by atoms with Crippen LogP contribution in [-0.4, -0.2) is 26.4 Å². The lowest BCUT2D eigenvalue weighted by atomic mass is 9.76. The van der Waals surface area contributed by atoms with Gasteiger partial charge in [-0.2, -0.15) is 0 Å². The molecule has 0 saturated heterocycles. The number of esters is 1. The van der Waals surface area contributed by atoms with E-state index < -0.39 is 27.2 Å². The van der Waals surface area contributed by atoms with Gasteiger partial charge in [0.2, 0.25) is 0 Å². The highest BCUT2D eigenvalue weighted by Crippen LogP contribution is 2.58. The number of carbonyl (C=O) groups excluding carboxylic acids is 1. The second kappa shape index (κ2) is 12.1. The monoisotopic (exact) mass is 651 g/mol. The molecule has 2 aliphatic rings. The van der Waals surface area contributed by atoms with Gasteiger partial charge in [-0.3, -0.25) is 20.2 Å². The predicted molar refractivity (Wildman–Crippen MR) is 178 cm³/mol. The normalized spacial score (nSPS) is 21.5. The molecule has 0 radical (unpaired) electrons. The number of para-hydroxylation sites is 2. The SMILES string of the molecule is O=C(Oc1ccc2ccccc2c1)c1cccc2c1N[C@@H](c1cccc([N+](=O)[O-])c1)[C@H]1C[C@@H](Sc3ccccc3[N+](=O)[O-])[C@@H](Cl)[C@H]21. The highest BCUT2D eigenvalue weighted by atomic mass is 35.5. The minimum absolute atomic E-state index is 0.0127. The molecule has 1 aliphatic heterocycles. The largest absolute Gasteiger partial charge is 0.423 e. The minimum Gasteiger partial charge on any atom is -0.423 e. The molecule has 5 aromatic rings. The first-order valence-electron chi connectivity index (χ1n) is 14.7. The molecule has 1 N–H and O–H groups in total. The van der Waals surface area contributed by atoms with Crippen molar-refractivity contribution in [2.45, 2.75) is 33.9 Å². The number of anilines is 1. The van der Waals surface area contributed by atoms with Crippen molar-refractivity contribution in [3.8, 4) is 5.75 Å². The zero-order chi connectivity index (χ0) is 31.9. The zero-order valence-corrected chi connectivity index (χ0v) is 25.7. The van der Waals surface area contributed by atoms with Crippen molar-refractivity contribution >= 4 is 57.2 Å². The summed E-state index contributed by atoms with van der Waals surface area (Å²) in [5, 5.41) is 28.3. The van der Waals surface area contributed by atoms with Crippen LogP contribution in [0.4, 0.5) is 17.1 Å². The third-order valence-corrected chi connectivity index (χ3v) is 10.9. The van der Waals surface area contributed by atoms with Crippen LogP contribution in [0.2, 0.25) is 0 Å². The fourth-order valence-corrected chi connectivity index (χ4v) is 8.68. The molecule has 230 valence electrons. The molecule has 1 fully saturated rings. The van der Waals surface area contributed by atoms with Gasteiger partial charge in [-0.25, -0.2) is 4.79 Å². The summed E-state index contributed by atoms with van der Waals surface area (Å²) in [4.78, 5) is 36.9. The number of alkyl halides is 1. The van der Waals surface area contributed by atoms with Crippen molar-refractivity contribution in [1.29, 1.82) is 0 Å². The van der Waals surface area contributed by atoms with E-state index in [2.05, 4.69) is 5.32 Å². The van der Waals surface area contributed by atoms with E-state index in [9.17, 15) is 25.0 Å². The van der Waals surface area contributed by atoms with Crippen molar-refractivity contribution < 1.29 is 19.4 Å². The summed E-state index contributed by atoms with van der Waals surface area (Å²) in [6, 6.07) is 31.3. The number of nitrogens with zero attached hydrogens (tertiary/aromatic N) is 2. The number of hydrogen-bond acceptors (Lipinski definition) is 8. The molecule has 5 aromatic carbocycles. The van der Waals surface area contributed by atoms with Crippen molar-refractivity contribution in [2.24, 2.45) is 5.92 Å². The third kappa shape index (κ3) is 5.44. The van der Waals surface area contributed by atoms with Gasteiger partial charge < -0.3 is 10.1 Å². The molecule has 46 heavy (non-hydrogen) atoms. The number of nitro groups is 2. The first-order chi connectivity index (χ1) is 22.3. The Bertz CT molecular complexity index is 2020. The Balaban J connectivity index is 1.28. The fourth-order valence-electron chi connectivity index (χ4n) is 6.74. The Morgan fingerprint density at radius 3 is 2.41 bits per heavy atom. The molecule has 5 atom stereocenters. The number of hydrogen-bond donors (Lipinski definition) is 1. The Hall–Kier alpha value is -4.93. The van der Waals surface area contributed by atoms with Gasteiger partial charge in [-0.05, 0) is 58.5 Å². The number of fused-ring (bicyclic) bond motifs is 4. The number of nitrogens with one attached hydrogen (secondary N) is 1. The van der Waals surface area contributed by atoms with E-state index in [0.717, 1.165) is 16.3 Å². The summed E-state index contributed by atoms with van der Waals surface area (Å²) in [6.07, 6.45) is 0.584. The van der Waals surface area contributed by atoms with E-state index in [1.54, 1.807) is 48.5 Å². The molecule has 0 amide bonds. The molecule has 9 nitrogen and oxygen atoms in total. The maximum atomic E-state index is 13.7. The van der Waals surface area contributed by atoms with Crippen LogP contribution in [0, 0.1) is 26.1 Å². The highest BCUT2D eigenvalue weighted by molar-refractivity contribution is 8.00. The van der Waals surface area contributed by atoms with Crippen molar-refractivity contribution in [3.63, 3.8) is 0 Å². The molecule has 1 aliphatic carbocycles. The van der Waals surface area contributed by atoms with E-state index in [-0.39, 0.29) is 28.5 Å². The molecular formula is C35H26ClN3O6S. The van der Waals surface area contributed by atoms with Gasteiger partial charge in [0.25, 0.3) is 11.4 Å². The minimum atomic E-state index is -0.550. The summed E-state index contributed by atoms with van der Waals surface area (Å²) < 4.78 is 5.87. The van der Waals surface area contributed by atoms with Crippen LogP contribution in [0.15, 0.2) is 114 Å². The number of thioether (sulfide) groups is 1. The molecule has 11 heteroatoms. The van der Waals surface area contributed by atoms with Crippen LogP contribution in [0.3, 0.4) is 0 Å². The fraction of sp³-hybridized carbons (Fsp3) is 0.171. The number of carbonyl (C=O) groups is 1. The number of nitro benzene ring substituents is 2. The van der Waals surface area contributed by atoms with Gasteiger partial charge in [-0.1, -0.05) is 66.7 Å². The maximum Gasteiger partial charge on any atom is 0.345 e. The standard InChI is InChI=1S/C35H26ClN3O6S/c36-32-30(46-29-14-4-3-13-28(29)39(43)44)19-27-31(32)25-11-6-12-26(34(25)37-33(27)22-9-5-10-23(17-22)38(41)42)35(40)45-24-16-15-20-7-1-2-8-21(20)18-24/h1-18,27,30-33,37H,19H2/t27-,30+,31+,32+,33-/m0/s1. The van der Waals surface area contributed by atoms with E-state index in [4.69, 9.17) is 16.3 Å². The zero-order valence-electron chi connectivity index (χ0n) is 24.1. The predicted octanol–water partition coefficient (Wildman–Crippen LogP) is 8.91. The van der Waals surface area contributed by atoms with Crippen molar-refractivity contribution in [3.05, 3.63) is 146 Å². The number of benzene rings is 5. The van der Waals surface area contributed by atoms with E-state index in [1.165, 1.54) is 23.9 Å². The Kier molecular flexibility index (Phi) is 7.84. The molecule has 0 unspecified atom stereocenters. The topological polar surface area (TPSA) is 125 Å². The molecule has 0 spiro atoms. The Labute approximate surface area is 272 Å². The lowest BCUT2D eigenvalue weighted by Crippen LogP contribution is -2.32. The molecule has 1 saturated carbocycles. The molecule has 0 aromatic heterocycles. The first-order valence-corrected chi connectivity index (χ1v) is 16.0. The lowest BCUT2D eigenvalue weighted by Gasteiger charge is -2.39. The summed E-state index contributed by atoms with van der Waals surface area (Å²) in [5.74, 6) is -0.520. The van der Waals surface area contributed by atoms with Gasteiger partial charge in [0.1, 0.15) is 5.75 Å². The summed E-state index contributed by atoms with van der Waals surface area (Å²) >= 11 is 8.64. The van der Waals surface area contributed by atoms with Crippen LogP contribution >= 0.6 is 23.4 Å². The smallest absolute Gasteiger partial charge is 0.345 e. The van der Waals surface area contributed by atoms with Crippen LogP contribution in [0.5, 0.6) is 5.75 Å². The first kappa shape index (κ1) is 29.8. The van der Waals surface area contributed by atoms with Gasteiger partial charge in [-0.15, -0.1) is 23.4 Å². The summed E-state index contributed by atoms with van der Waals surface area (Å²) in [7, 11) is 0. The summed E-state index contributed by atoms with van der Waals surface area (Å²) in [6.45, 7) is 0. The number of non-ortho nitro benzene ring substituents is 1.